The van der Waals surface area contributed by atoms with Crippen LogP contribution in [0.15, 0.2) is 22.7 Å². The fourth-order valence-corrected chi connectivity index (χ4v) is 2.40. The van der Waals surface area contributed by atoms with Crippen LogP contribution in [0.5, 0.6) is 11.5 Å². The minimum Gasteiger partial charge on any atom is -0.454 e. The van der Waals surface area contributed by atoms with E-state index in [1.165, 1.54) is 0 Å². The molecule has 110 valence electrons. The van der Waals surface area contributed by atoms with E-state index in [0.717, 1.165) is 46.0 Å². The highest BCUT2D eigenvalue weighted by Crippen LogP contribution is 2.36. The molecule has 2 aromatic rings. The van der Waals surface area contributed by atoms with E-state index in [1.807, 2.05) is 25.1 Å². The van der Waals surface area contributed by atoms with Crippen molar-refractivity contribution in [2.45, 2.75) is 20.3 Å². The summed E-state index contributed by atoms with van der Waals surface area (Å²) in [6, 6.07) is 5.74. The Labute approximate surface area is 131 Å². The van der Waals surface area contributed by atoms with Gasteiger partial charge in [0.05, 0.1) is 10.2 Å². The Balaban J connectivity index is 2.00. The van der Waals surface area contributed by atoms with Gasteiger partial charge in [-0.3, -0.25) is 0 Å². The molecule has 6 heteroatoms. The molecule has 0 aliphatic carbocycles. The van der Waals surface area contributed by atoms with Crippen molar-refractivity contribution in [1.29, 1.82) is 0 Å². The number of benzene rings is 1. The van der Waals surface area contributed by atoms with Crippen molar-refractivity contribution in [2.24, 2.45) is 0 Å². The molecule has 0 spiro atoms. The van der Waals surface area contributed by atoms with Crippen LogP contribution in [0.3, 0.4) is 0 Å². The Bertz CT molecular complexity index is 676. The monoisotopic (exact) mass is 349 g/mol. The molecular weight excluding hydrogens is 334 g/mol. The van der Waals surface area contributed by atoms with E-state index in [4.69, 9.17) is 9.47 Å². The van der Waals surface area contributed by atoms with Crippen LogP contribution in [0.1, 0.15) is 19.0 Å². The van der Waals surface area contributed by atoms with Crippen molar-refractivity contribution in [1.82, 2.24) is 9.97 Å². The zero-order valence-corrected chi connectivity index (χ0v) is 13.5. The molecule has 0 bridgehead atoms. The maximum Gasteiger partial charge on any atom is 0.231 e. The van der Waals surface area contributed by atoms with Crippen LogP contribution in [0, 0.1) is 6.92 Å². The van der Waals surface area contributed by atoms with Crippen molar-refractivity contribution in [3.05, 3.63) is 28.4 Å². The highest BCUT2D eigenvalue weighted by atomic mass is 79.9. The summed E-state index contributed by atoms with van der Waals surface area (Å²) in [7, 11) is 0. The van der Waals surface area contributed by atoms with Gasteiger partial charge in [0.2, 0.25) is 6.79 Å². The quantitative estimate of drug-likeness (QED) is 0.910. The van der Waals surface area contributed by atoms with Gasteiger partial charge in [0, 0.05) is 12.1 Å². The number of hydrogen-bond donors (Lipinski definition) is 1. The molecule has 0 radical (unpaired) electrons. The lowest BCUT2D eigenvalue weighted by atomic mass is 10.2. The van der Waals surface area contributed by atoms with Crippen LogP contribution in [-0.4, -0.2) is 23.3 Å². The molecule has 0 fully saturated rings. The summed E-state index contributed by atoms with van der Waals surface area (Å²) < 4.78 is 11.6. The minimum absolute atomic E-state index is 0.266. The number of nitrogens with zero attached hydrogens (tertiary/aromatic N) is 2. The number of aryl methyl sites for hydroxylation is 1. The van der Waals surface area contributed by atoms with Crippen LogP contribution in [0.2, 0.25) is 0 Å². The SMILES string of the molecule is CCCNc1nc(-c2ccc3c(c2)OCO3)nc(C)c1Br. The molecule has 0 unspecified atom stereocenters. The highest BCUT2D eigenvalue weighted by molar-refractivity contribution is 9.10. The Morgan fingerprint density at radius 1 is 1.24 bits per heavy atom. The molecule has 1 aromatic carbocycles. The normalized spacial score (nSPS) is 12.5. The third kappa shape index (κ3) is 2.81. The molecule has 5 nitrogen and oxygen atoms in total. The van der Waals surface area contributed by atoms with Crippen molar-refractivity contribution in [3.8, 4) is 22.9 Å². The maximum absolute atomic E-state index is 5.41. The molecule has 0 amide bonds. The standard InChI is InChI=1S/C15H16BrN3O2/c1-3-6-17-15-13(16)9(2)18-14(19-15)10-4-5-11-12(7-10)21-8-20-11/h4-5,7H,3,6,8H2,1-2H3,(H,17,18,19). The number of aromatic nitrogens is 2. The number of fused-ring (bicyclic) bond motifs is 1. The van der Waals surface area contributed by atoms with Gasteiger partial charge in [-0.1, -0.05) is 6.92 Å². The van der Waals surface area contributed by atoms with Crippen LogP contribution in [-0.2, 0) is 0 Å². The molecule has 2 heterocycles. The van der Waals surface area contributed by atoms with E-state index >= 15 is 0 Å². The first-order chi connectivity index (χ1) is 10.2. The van der Waals surface area contributed by atoms with Crippen molar-refractivity contribution in [2.75, 3.05) is 18.7 Å². The molecule has 1 aliphatic rings. The summed E-state index contributed by atoms with van der Waals surface area (Å²) in [6.45, 7) is 5.21. The molecular formula is C15H16BrN3O2. The third-order valence-electron chi connectivity index (χ3n) is 3.19. The maximum atomic E-state index is 5.41. The summed E-state index contributed by atoms with van der Waals surface area (Å²) in [6.07, 6.45) is 1.04. The summed E-state index contributed by atoms with van der Waals surface area (Å²) in [4.78, 5) is 9.14. The largest absolute Gasteiger partial charge is 0.454 e. The topological polar surface area (TPSA) is 56.3 Å². The average Bonchev–Trinajstić information content (AvgIpc) is 2.96. The third-order valence-corrected chi connectivity index (χ3v) is 4.14. The van der Waals surface area contributed by atoms with E-state index in [2.05, 4.69) is 38.1 Å². The summed E-state index contributed by atoms with van der Waals surface area (Å²) in [5, 5.41) is 3.31. The zero-order chi connectivity index (χ0) is 14.8. The predicted octanol–water partition coefficient (Wildman–Crippen LogP) is 3.77. The molecule has 1 N–H and O–H groups in total. The number of rotatable bonds is 4. The number of nitrogens with one attached hydrogen (secondary N) is 1. The van der Waals surface area contributed by atoms with Crippen molar-refractivity contribution < 1.29 is 9.47 Å². The molecule has 1 aromatic heterocycles. The lowest BCUT2D eigenvalue weighted by Crippen LogP contribution is -2.06. The zero-order valence-electron chi connectivity index (χ0n) is 11.9. The van der Waals surface area contributed by atoms with E-state index < -0.39 is 0 Å². The first-order valence-electron chi connectivity index (χ1n) is 6.87. The van der Waals surface area contributed by atoms with Gasteiger partial charge in [0.15, 0.2) is 17.3 Å². The van der Waals surface area contributed by atoms with E-state index in [9.17, 15) is 0 Å². The second-order valence-electron chi connectivity index (χ2n) is 4.79. The molecule has 3 rings (SSSR count). The molecule has 0 saturated heterocycles. The number of halogens is 1. The van der Waals surface area contributed by atoms with E-state index in [-0.39, 0.29) is 6.79 Å². The lowest BCUT2D eigenvalue weighted by Gasteiger charge is -2.11. The van der Waals surface area contributed by atoms with E-state index in [1.54, 1.807) is 0 Å². The molecule has 1 aliphatic heterocycles. The predicted molar refractivity (Wildman–Crippen MR) is 84.8 cm³/mol. The molecule has 0 atom stereocenters. The fraction of sp³-hybridized carbons (Fsp3) is 0.333. The van der Waals surface area contributed by atoms with Crippen LogP contribution in [0.25, 0.3) is 11.4 Å². The van der Waals surface area contributed by atoms with Gasteiger partial charge in [-0.2, -0.15) is 0 Å². The fourth-order valence-electron chi connectivity index (χ4n) is 2.08. The van der Waals surface area contributed by atoms with Crippen molar-refractivity contribution >= 4 is 21.7 Å². The Morgan fingerprint density at radius 3 is 2.86 bits per heavy atom. The number of anilines is 1. The Kier molecular flexibility index (Phi) is 3.96. The van der Waals surface area contributed by atoms with E-state index in [0.29, 0.717) is 5.82 Å². The van der Waals surface area contributed by atoms with Crippen LogP contribution in [0.4, 0.5) is 5.82 Å². The van der Waals surface area contributed by atoms with Gasteiger partial charge in [-0.05, 0) is 47.5 Å². The van der Waals surface area contributed by atoms with Crippen LogP contribution < -0.4 is 14.8 Å². The second kappa shape index (κ2) is 5.89. The lowest BCUT2D eigenvalue weighted by molar-refractivity contribution is 0.174. The number of hydrogen-bond acceptors (Lipinski definition) is 5. The summed E-state index contributed by atoms with van der Waals surface area (Å²) in [5.74, 6) is 2.99. The highest BCUT2D eigenvalue weighted by Gasteiger charge is 2.16. The van der Waals surface area contributed by atoms with Crippen molar-refractivity contribution in [3.63, 3.8) is 0 Å². The van der Waals surface area contributed by atoms with Gasteiger partial charge in [0.1, 0.15) is 5.82 Å². The molecule has 21 heavy (non-hydrogen) atoms. The first-order valence-corrected chi connectivity index (χ1v) is 7.66. The summed E-state index contributed by atoms with van der Waals surface area (Å²) >= 11 is 3.53. The Hall–Kier alpha value is -1.82. The minimum atomic E-state index is 0.266. The van der Waals surface area contributed by atoms with Gasteiger partial charge in [-0.15, -0.1) is 0 Å². The van der Waals surface area contributed by atoms with Gasteiger partial charge < -0.3 is 14.8 Å². The van der Waals surface area contributed by atoms with Gasteiger partial charge >= 0.3 is 0 Å². The second-order valence-corrected chi connectivity index (χ2v) is 5.58. The van der Waals surface area contributed by atoms with Crippen LogP contribution >= 0.6 is 15.9 Å². The molecule has 0 saturated carbocycles. The average molecular weight is 350 g/mol. The smallest absolute Gasteiger partial charge is 0.231 e. The van der Waals surface area contributed by atoms with Gasteiger partial charge in [0.25, 0.3) is 0 Å². The first kappa shape index (κ1) is 14.1. The summed E-state index contributed by atoms with van der Waals surface area (Å²) in [5.41, 5.74) is 1.81. The number of ether oxygens (including phenoxy) is 2. The Morgan fingerprint density at radius 2 is 2.05 bits per heavy atom. The van der Waals surface area contributed by atoms with Gasteiger partial charge in [-0.25, -0.2) is 9.97 Å².